The Kier molecular flexibility index (Phi) is 5.06. The van der Waals surface area contributed by atoms with Crippen LogP contribution >= 0.6 is 27.3 Å². The third-order valence-electron chi connectivity index (χ3n) is 4.01. The van der Waals surface area contributed by atoms with E-state index in [2.05, 4.69) is 32.4 Å². The predicted molar refractivity (Wildman–Crippen MR) is 91.3 cm³/mol. The van der Waals surface area contributed by atoms with Crippen molar-refractivity contribution in [2.75, 3.05) is 0 Å². The number of halogens is 1. The van der Waals surface area contributed by atoms with E-state index >= 15 is 0 Å². The molecule has 0 aliphatic heterocycles. The molecule has 5 heteroatoms. The van der Waals surface area contributed by atoms with Gasteiger partial charge in [0.05, 0.1) is 6.04 Å². The summed E-state index contributed by atoms with van der Waals surface area (Å²) in [5, 5.41) is 0. The van der Waals surface area contributed by atoms with Crippen molar-refractivity contribution in [1.29, 1.82) is 0 Å². The third-order valence-corrected chi connectivity index (χ3v) is 5.83. The number of aryl methyl sites for hydroxylation is 2. The van der Waals surface area contributed by atoms with Gasteiger partial charge in [0.25, 0.3) is 0 Å². The summed E-state index contributed by atoms with van der Waals surface area (Å²) in [6, 6.07) is 6.58. The van der Waals surface area contributed by atoms with Crippen LogP contribution in [0.2, 0.25) is 0 Å². The summed E-state index contributed by atoms with van der Waals surface area (Å²) >= 11 is 5.34. The van der Waals surface area contributed by atoms with Crippen LogP contribution in [-0.2, 0) is 19.3 Å². The number of nitrogens with two attached hydrogens (primary N) is 1. The molecule has 0 saturated carbocycles. The van der Waals surface area contributed by atoms with E-state index in [1.807, 2.05) is 29.7 Å². The molecule has 112 valence electrons. The maximum absolute atomic E-state index is 5.79. The fraction of sp³-hybridized carbons (Fsp3) is 0.438. The molecular weight excluding hydrogens is 346 g/mol. The Morgan fingerprint density at radius 3 is 2.90 bits per heavy atom. The summed E-state index contributed by atoms with van der Waals surface area (Å²) in [5.74, 6) is 5.79. The Bertz CT molecular complexity index is 571. The van der Waals surface area contributed by atoms with E-state index in [0.717, 1.165) is 16.6 Å². The van der Waals surface area contributed by atoms with E-state index in [1.165, 1.54) is 42.5 Å². The number of fused-ring (bicyclic) bond motifs is 1. The molecule has 0 spiro atoms. The number of hydrazine groups is 1. The molecule has 0 saturated heterocycles. The smallest absolute Gasteiger partial charge is 0.0608 e. The van der Waals surface area contributed by atoms with Crippen molar-refractivity contribution < 1.29 is 0 Å². The van der Waals surface area contributed by atoms with E-state index in [9.17, 15) is 0 Å². The van der Waals surface area contributed by atoms with Gasteiger partial charge < -0.3 is 0 Å². The van der Waals surface area contributed by atoms with Crippen molar-refractivity contribution in [3.63, 3.8) is 0 Å². The molecule has 1 aliphatic carbocycles. The van der Waals surface area contributed by atoms with Gasteiger partial charge in [-0.25, -0.2) is 0 Å². The van der Waals surface area contributed by atoms with Gasteiger partial charge in [0, 0.05) is 32.5 Å². The van der Waals surface area contributed by atoms with Crippen LogP contribution in [0.4, 0.5) is 0 Å². The van der Waals surface area contributed by atoms with Crippen LogP contribution in [0.15, 0.2) is 28.9 Å². The lowest BCUT2D eigenvalue weighted by Crippen LogP contribution is -2.29. The first-order valence-electron chi connectivity index (χ1n) is 7.44. The predicted octanol–water partition coefficient (Wildman–Crippen LogP) is 3.92. The highest BCUT2D eigenvalue weighted by molar-refractivity contribution is 9.10. The number of nitrogens with one attached hydrogen (secondary N) is 1. The van der Waals surface area contributed by atoms with E-state index in [-0.39, 0.29) is 6.04 Å². The van der Waals surface area contributed by atoms with Crippen LogP contribution in [0.25, 0.3) is 0 Å². The highest BCUT2D eigenvalue weighted by atomic mass is 79.9. The monoisotopic (exact) mass is 365 g/mol. The van der Waals surface area contributed by atoms with Crippen LogP contribution in [0.5, 0.6) is 0 Å². The van der Waals surface area contributed by atoms with Gasteiger partial charge in [0.2, 0.25) is 0 Å². The number of hydrogen-bond donors (Lipinski definition) is 2. The van der Waals surface area contributed by atoms with Gasteiger partial charge in [-0.05, 0) is 65.4 Å². The van der Waals surface area contributed by atoms with Crippen molar-refractivity contribution in [3.8, 4) is 0 Å². The average Bonchev–Trinajstić information content (AvgIpc) is 2.77. The van der Waals surface area contributed by atoms with Crippen LogP contribution < -0.4 is 11.3 Å². The van der Waals surface area contributed by atoms with Crippen LogP contribution in [0, 0.1) is 0 Å². The normalized spacial score (nSPS) is 16.3. The molecule has 3 rings (SSSR count). The molecule has 0 radical (unpaired) electrons. The Morgan fingerprint density at radius 1 is 1.29 bits per heavy atom. The number of rotatable bonds is 4. The lowest BCUT2D eigenvalue weighted by atomic mass is 10.1. The Morgan fingerprint density at radius 2 is 2.14 bits per heavy atom. The molecule has 1 unspecified atom stereocenters. The van der Waals surface area contributed by atoms with E-state index in [1.54, 1.807) is 4.88 Å². The zero-order chi connectivity index (χ0) is 14.7. The van der Waals surface area contributed by atoms with Gasteiger partial charge in [-0.1, -0.05) is 6.42 Å². The fourth-order valence-electron chi connectivity index (χ4n) is 2.84. The van der Waals surface area contributed by atoms with Crippen molar-refractivity contribution in [2.24, 2.45) is 5.84 Å². The molecule has 2 aromatic rings. The quantitative estimate of drug-likeness (QED) is 0.490. The van der Waals surface area contributed by atoms with Gasteiger partial charge >= 0.3 is 0 Å². The molecule has 2 aromatic heterocycles. The van der Waals surface area contributed by atoms with Crippen molar-refractivity contribution in [3.05, 3.63) is 49.9 Å². The first-order chi connectivity index (χ1) is 10.3. The van der Waals surface area contributed by atoms with Gasteiger partial charge in [-0.2, -0.15) is 0 Å². The summed E-state index contributed by atoms with van der Waals surface area (Å²) in [5.41, 5.74) is 5.56. The summed E-state index contributed by atoms with van der Waals surface area (Å²) in [6.07, 6.45) is 9.11. The second kappa shape index (κ2) is 7.01. The third kappa shape index (κ3) is 3.72. The highest BCUT2D eigenvalue weighted by Gasteiger charge is 2.18. The van der Waals surface area contributed by atoms with Crippen molar-refractivity contribution in [2.45, 2.75) is 44.6 Å². The molecule has 3 nitrogen and oxygen atoms in total. The fourth-order valence-corrected chi connectivity index (χ4v) is 4.39. The second-order valence-electron chi connectivity index (χ2n) is 5.55. The minimum Gasteiger partial charge on any atom is -0.271 e. The first kappa shape index (κ1) is 15.2. The second-order valence-corrected chi connectivity index (χ2v) is 7.63. The molecule has 2 heterocycles. The lowest BCUT2D eigenvalue weighted by Gasteiger charge is -2.13. The molecule has 1 aliphatic rings. The highest BCUT2D eigenvalue weighted by Crippen LogP contribution is 2.33. The number of hydrogen-bond acceptors (Lipinski definition) is 4. The molecule has 0 amide bonds. The Hall–Kier alpha value is -0.750. The maximum atomic E-state index is 5.79. The number of aromatic nitrogens is 1. The van der Waals surface area contributed by atoms with Gasteiger partial charge in [-0.15, -0.1) is 11.3 Å². The number of thiophene rings is 1. The Labute approximate surface area is 138 Å². The summed E-state index contributed by atoms with van der Waals surface area (Å²) in [7, 11) is 0. The lowest BCUT2D eigenvalue weighted by molar-refractivity contribution is 0.554. The number of nitrogens with zero attached hydrogens (tertiary/aromatic N) is 1. The standard InChI is InChI=1S/C16H20BrN3S/c17-12-6-7-13(19-10-12)9-14(20-18)16-8-11-4-2-1-3-5-15(11)21-16/h6-8,10,14,20H,1-5,9,18H2. The van der Waals surface area contributed by atoms with E-state index in [4.69, 9.17) is 5.84 Å². The van der Waals surface area contributed by atoms with Crippen molar-refractivity contribution in [1.82, 2.24) is 10.4 Å². The summed E-state index contributed by atoms with van der Waals surface area (Å²) in [6.45, 7) is 0. The molecule has 3 N–H and O–H groups in total. The van der Waals surface area contributed by atoms with Crippen LogP contribution in [-0.4, -0.2) is 4.98 Å². The Balaban J connectivity index is 1.78. The minimum atomic E-state index is 0.149. The van der Waals surface area contributed by atoms with Gasteiger partial charge in [0.15, 0.2) is 0 Å². The zero-order valence-corrected chi connectivity index (χ0v) is 14.3. The van der Waals surface area contributed by atoms with Crippen LogP contribution in [0.1, 0.15) is 46.3 Å². The van der Waals surface area contributed by atoms with Gasteiger partial charge in [0.1, 0.15) is 0 Å². The summed E-state index contributed by atoms with van der Waals surface area (Å²) in [4.78, 5) is 7.35. The molecule has 0 aromatic carbocycles. The SMILES string of the molecule is NNC(Cc1ccc(Br)cn1)c1cc2c(s1)CCCCC2. The molecule has 0 bridgehead atoms. The molecular formula is C16H20BrN3S. The summed E-state index contributed by atoms with van der Waals surface area (Å²) < 4.78 is 1.01. The van der Waals surface area contributed by atoms with E-state index < -0.39 is 0 Å². The van der Waals surface area contributed by atoms with E-state index in [0.29, 0.717) is 0 Å². The van der Waals surface area contributed by atoms with Gasteiger partial charge in [-0.3, -0.25) is 16.3 Å². The molecule has 0 fully saturated rings. The number of pyridine rings is 1. The first-order valence-corrected chi connectivity index (χ1v) is 9.05. The maximum Gasteiger partial charge on any atom is 0.0608 e. The largest absolute Gasteiger partial charge is 0.271 e. The zero-order valence-electron chi connectivity index (χ0n) is 11.9. The topological polar surface area (TPSA) is 50.9 Å². The van der Waals surface area contributed by atoms with Crippen molar-refractivity contribution >= 4 is 27.3 Å². The average molecular weight is 366 g/mol. The molecule has 1 atom stereocenters. The van der Waals surface area contributed by atoms with Crippen LogP contribution in [0.3, 0.4) is 0 Å². The minimum absolute atomic E-state index is 0.149. The molecule has 21 heavy (non-hydrogen) atoms.